The lowest BCUT2D eigenvalue weighted by Crippen LogP contribution is -2.37. The van der Waals surface area contributed by atoms with E-state index in [0.29, 0.717) is 17.8 Å². The summed E-state index contributed by atoms with van der Waals surface area (Å²) in [5.41, 5.74) is 7.60. The molecule has 0 saturated carbocycles. The van der Waals surface area contributed by atoms with Crippen LogP contribution in [-0.2, 0) is 5.41 Å². The highest BCUT2D eigenvalue weighted by Gasteiger charge is 2.22. The molecule has 104 valence electrons. The van der Waals surface area contributed by atoms with E-state index in [4.69, 9.17) is 5.73 Å². The topological polar surface area (TPSA) is 68.0 Å². The van der Waals surface area contributed by atoms with E-state index in [2.05, 4.69) is 24.1 Å². The van der Waals surface area contributed by atoms with Crippen LogP contribution in [0.1, 0.15) is 29.9 Å². The Morgan fingerprint density at radius 2 is 1.90 bits per heavy atom. The van der Waals surface area contributed by atoms with E-state index < -0.39 is 0 Å². The van der Waals surface area contributed by atoms with Gasteiger partial charge in [-0.2, -0.15) is 0 Å². The van der Waals surface area contributed by atoms with Gasteiger partial charge in [0, 0.05) is 35.1 Å². The summed E-state index contributed by atoms with van der Waals surface area (Å²) in [6, 6.07) is 12.7. The first kappa shape index (κ1) is 14.1. The predicted molar refractivity (Wildman–Crippen MR) is 80.5 cm³/mol. The molecule has 0 aliphatic heterocycles. The maximum Gasteiger partial charge on any atom is 0.251 e. The van der Waals surface area contributed by atoms with Gasteiger partial charge in [0.25, 0.3) is 5.91 Å². The molecule has 1 aromatic heterocycles. The number of hydrogen-bond acceptors (Lipinski definition) is 3. The van der Waals surface area contributed by atoms with Crippen LogP contribution in [0.5, 0.6) is 0 Å². The lowest BCUT2D eigenvalue weighted by Gasteiger charge is -2.24. The molecule has 0 unspecified atom stereocenters. The number of nitrogen functional groups attached to an aromatic ring is 1. The van der Waals surface area contributed by atoms with Gasteiger partial charge in [0.15, 0.2) is 0 Å². The molecule has 0 fully saturated rings. The summed E-state index contributed by atoms with van der Waals surface area (Å²) in [6.45, 7) is 4.63. The number of anilines is 1. The molecule has 0 atom stereocenters. The van der Waals surface area contributed by atoms with Crippen molar-refractivity contribution < 1.29 is 4.79 Å². The molecule has 20 heavy (non-hydrogen) atoms. The molecule has 2 rings (SSSR count). The van der Waals surface area contributed by atoms with E-state index >= 15 is 0 Å². The molecule has 1 amide bonds. The molecule has 2 aromatic rings. The van der Waals surface area contributed by atoms with Crippen molar-refractivity contribution in [1.82, 2.24) is 10.3 Å². The Labute approximate surface area is 119 Å². The van der Waals surface area contributed by atoms with Crippen molar-refractivity contribution in [2.45, 2.75) is 19.3 Å². The largest absolute Gasteiger partial charge is 0.399 e. The van der Waals surface area contributed by atoms with Gasteiger partial charge in [-0.25, -0.2) is 0 Å². The highest BCUT2D eigenvalue weighted by atomic mass is 16.1. The summed E-state index contributed by atoms with van der Waals surface area (Å²) in [5, 5.41) is 2.94. The number of nitrogens with zero attached hydrogens (tertiary/aromatic N) is 1. The number of pyridine rings is 1. The number of nitrogens with two attached hydrogens (primary N) is 1. The summed E-state index contributed by atoms with van der Waals surface area (Å²) < 4.78 is 0. The standard InChI is InChI=1S/C16H19N3O/c1-16(2,14-5-3-4-10-18-14)11-19-15(20)12-6-8-13(17)9-7-12/h3-10H,11,17H2,1-2H3,(H,19,20). The van der Waals surface area contributed by atoms with E-state index in [1.165, 1.54) is 0 Å². The molecule has 0 spiro atoms. The van der Waals surface area contributed by atoms with Crippen molar-refractivity contribution in [1.29, 1.82) is 0 Å². The van der Waals surface area contributed by atoms with E-state index in [9.17, 15) is 4.79 Å². The van der Waals surface area contributed by atoms with Crippen LogP contribution in [0.4, 0.5) is 5.69 Å². The third kappa shape index (κ3) is 3.35. The van der Waals surface area contributed by atoms with Gasteiger partial charge in [-0.1, -0.05) is 19.9 Å². The Morgan fingerprint density at radius 3 is 2.50 bits per heavy atom. The molecule has 1 aromatic carbocycles. The van der Waals surface area contributed by atoms with E-state index in [1.54, 1.807) is 30.5 Å². The second-order valence-electron chi connectivity index (χ2n) is 5.40. The van der Waals surface area contributed by atoms with E-state index in [-0.39, 0.29) is 11.3 Å². The summed E-state index contributed by atoms with van der Waals surface area (Å²) in [5.74, 6) is -0.103. The van der Waals surface area contributed by atoms with Gasteiger partial charge in [0.2, 0.25) is 0 Å². The fourth-order valence-electron chi connectivity index (χ4n) is 1.89. The fraction of sp³-hybridized carbons (Fsp3) is 0.250. The van der Waals surface area contributed by atoms with E-state index in [1.807, 2.05) is 18.2 Å². The molecule has 0 saturated heterocycles. The number of amides is 1. The minimum Gasteiger partial charge on any atom is -0.399 e. The molecule has 3 N–H and O–H groups in total. The van der Waals surface area contributed by atoms with Gasteiger partial charge in [-0.05, 0) is 36.4 Å². The maximum atomic E-state index is 12.1. The lowest BCUT2D eigenvalue weighted by atomic mass is 9.88. The van der Waals surface area contributed by atoms with Crippen LogP contribution in [-0.4, -0.2) is 17.4 Å². The second kappa shape index (κ2) is 5.74. The zero-order valence-electron chi connectivity index (χ0n) is 11.8. The fourth-order valence-corrected chi connectivity index (χ4v) is 1.89. The monoisotopic (exact) mass is 269 g/mol. The Balaban J connectivity index is 2.01. The normalized spacial score (nSPS) is 11.1. The first-order valence-electron chi connectivity index (χ1n) is 6.54. The molecule has 0 aliphatic carbocycles. The van der Waals surface area contributed by atoms with Crippen LogP contribution >= 0.6 is 0 Å². The molecular weight excluding hydrogens is 250 g/mol. The summed E-state index contributed by atoms with van der Waals surface area (Å²) >= 11 is 0. The number of carbonyl (C=O) groups excluding carboxylic acids is 1. The van der Waals surface area contributed by atoms with Crippen molar-refractivity contribution in [2.75, 3.05) is 12.3 Å². The number of hydrogen-bond donors (Lipinski definition) is 2. The second-order valence-corrected chi connectivity index (χ2v) is 5.40. The van der Waals surface area contributed by atoms with Crippen LogP contribution in [0.15, 0.2) is 48.7 Å². The summed E-state index contributed by atoms with van der Waals surface area (Å²) in [7, 11) is 0. The van der Waals surface area contributed by atoms with Gasteiger partial charge in [0.05, 0.1) is 0 Å². The predicted octanol–water partition coefficient (Wildman–Crippen LogP) is 2.37. The van der Waals surface area contributed by atoms with E-state index in [0.717, 1.165) is 5.69 Å². The zero-order chi connectivity index (χ0) is 14.6. The average Bonchev–Trinajstić information content (AvgIpc) is 2.46. The van der Waals surface area contributed by atoms with Crippen molar-refractivity contribution in [3.8, 4) is 0 Å². The minimum atomic E-state index is -0.218. The number of aromatic nitrogens is 1. The maximum absolute atomic E-state index is 12.1. The quantitative estimate of drug-likeness (QED) is 0.837. The molecule has 0 aliphatic rings. The SMILES string of the molecule is CC(C)(CNC(=O)c1ccc(N)cc1)c1ccccn1. The Hall–Kier alpha value is -2.36. The molecule has 0 radical (unpaired) electrons. The third-order valence-corrected chi connectivity index (χ3v) is 3.22. The molecule has 0 bridgehead atoms. The first-order valence-corrected chi connectivity index (χ1v) is 6.54. The van der Waals surface area contributed by atoms with Crippen LogP contribution in [0.25, 0.3) is 0 Å². The Bertz CT molecular complexity index is 576. The number of nitrogens with one attached hydrogen (secondary N) is 1. The van der Waals surface area contributed by atoms with Crippen LogP contribution < -0.4 is 11.1 Å². The van der Waals surface area contributed by atoms with Crippen LogP contribution in [0.3, 0.4) is 0 Å². The summed E-state index contributed by atoms with van der Waals surface area (Å²) in [6.07, 6.45) is 1.76. The number of benzene rings is 1. The molecule has 4 heteroatoms. The van der Waals surface area contributed by atoms with Crippen molar-refractivity contribution in [2.24, 2.45) is 0 Å². The highest BCUT2D eigenvalue weighted by molar-refractivity contribution is 5.94. The molecular formula is C16H19N3O. The van der Waals surface area contributed by atoms with Crippen LogP contribution in [0, 0.1) is 0 Å². The highest BCUT2D eigenvalue weighted by Crippen LogP contribution is 2.19. The lowest BCUT2D eigenvalue weighted by molar-refractivity contribution is 0.0945. The van der Waals surface area contributed by atoms with Crippen molar-refractivity contribution in [3.05, 3.63) is 59.9 Å². The van der Waals surface area contributed by atoms with Crippen molar-refractivity contribution >= 4 is 11.6 Å². The zero-order valence-corrected chi connectivity index (χ0v) is 11.8. The smallest absolute Gasteiger partial charge is 0.251 e. The first-order chi connectivity index (χ1) is 9.49. The molecule has 1 heterocycles. The van der Waals surface area contributed by atoms with Crippen LogP contribution in [0.2, 0.25) is 0 Å². The average molecular weight is 269 g/mol. The number of carbonyl (C=O) groups is 1. The minimum absolute atomic E-state index is 0.103. The van der Waals surface area contributed by atoms with Crippen molar-refractivity contribution in [3.63, 3.8) is 0 Å². The Morgan fingerprint density at radius 1 is 1.20 bits per heavy atom. The van der Waals surface area contributed by atoms with Gasteiger partial charge >= 0.3 is 0 Å². The van der Waals surface area contributed by atoms with Gasteiger partial charge in [0.1, 0.15) is 0 Å². The third-order valence-electron chi connectivity index (χ3n) is 3.22. The summed E-state index contributed by atoms with van der Waals surface area (Å²) in [4.78, 5) is 16.4. The number of rotatable bonds is 4. The van der Waals surface area contributed by atoms with Gasteiger partial charge in [-0.15, -0.1) is 0 Å². The Kier molecular flexibility index (Phi) is 4.03. The van der Waals surface area contributed by atoms with Gasteiger partial charge < -0.3 is 11.1 Å². The molecule has 4 nitrogen and oxygen atoms in total. The van der Waals surface area contributed by atoms with Gasteiger partial charge in [-0.3, -0.25) is 9.78 Å².